The Labute approximate surface area is 167 Å². The summed E-state index contributed by atoms with van der Waals surface area (Å²) in [6, 6.07) is 12.4. The van der Waals surface area contributed by atoms with Crippen molar-refractivity contribution in [3.63, 3.8) is 0 Å². The molecule has 0 N–H and O–H groups in total. The number of aromatic nitrogens is 1. The zero-order valence-electron chi connectivity index (χ0n) is 17.6. The zero-order valence-corrected chi connectivity index (χ0v) is 17.6. The molecule has 4 heteroatoms. The Morgan fingerprint density at radius 2 is 1.39 bits per heavy atom. The molecule has 0 aliphatic rings. The second-order valence-corrected chi connectivity index (χ2v) is 7.92. The van der Waals surface area contributed by atoms with Gasteiger partial charge in [-0.25, -0.2) is 0 Å². The van der Waals surface area contributed by atoms with Gasteiger partial charge in [0.2, 0.25) is 0 Å². The molecule has 0 fully saturated rings. The van der Waals surface area contributed by atoms with Crippen molar-refractivity contribution >= 4 is 33.4 Å². The van der Waals surface area contributed by atoms with Gasteiger partial charge < -0.3 is 9.47 Å². The van der Waals surface area contributed by atoms with Gasteiger partial charge in [-0.2, -0.15) is 0 Å². The fourth-order valence-electron chi connectivity index (χ4n) is 4.06. The Hall–Kier alpha value is -2.46. The van der Waals surface area contributed by atoms with E-state index in [1.807, 2.05) is 36.4 Å². The molecule has 0 aliphatic heterocycles. The average Bonchev–Trinajstić information content (AvgIpc) is 2.97. The lowest BCUT2D eigenvalue weighted by molar-refractivity contribution is 0.100. The van der Waals surface area contributed by atoms with Crippen LogP contribution in [0.1, 0.15) is 60.7 Å². The maximum Gasteiger partial charge on any atom is 0.159 e. The first-order valence-electron chi connectivity index (χ1n) is 10.1. The molecule has 0 spiro atoms. The van der Waals surface area contributed by atoms with Crippen LogP contribution >= 0.6 is 0 Å². The van der Waals surface area contributed by atoms with E-state index in [2.05, 4.69) is 30.5 Å². The first-order valence-corrected chi connectivity index (χ1v) is 10.1. The van der Waals surface area contributed by atoms with Crippen LogP contribution in [0.3, 0.4) is 0 Å². The van der Waals surface area contributed by atoms with E-state index in [-0.39, 0.29) is 11.6 Å². The smallest absolute Gasteiger partial charge is 0.159 e. The number of hydrogen-bond acceptors (Lipinski definition) is 3. The number of hydrogen-bond donors (Lipinski definition) is 0. The largest absolute Gasteiger partial charge is 0.340 e. The van der Waals surface area contributed by atoms with Gasteiger partial charge in [-0.15, -0.1) is 0 Å². The Bertz CT molecular complexity index is 959. The van der Waals surface area contributed by atoms with Crippen LogP contribution < -0.4 is 0 Å². The first kappa shape index (κ1) is 20.3. The lowest BCUT2D eigenvalue weighted by Gasteiger charge is -2.24. The van der Waals surface area contributed by atoms with E-state index in [0.717, 1.165) is 34.8 Å². The number of rotatable bonds is 8. The highest BCUT2D eigenvalue weighted by molar-refractivity contribution is 6.12. The SMILES string of the molecule is CCC[C@@H](CCn1c2ccc(C(C)=O)cc2c2cc(C(C)=O)ccc21)N(C)C. The number of Topliss-reactive ketones (excluding diaryl/α,β-unsaturated/α-hetero) is 2. The summed E-state index contributed by atoms with van der Waals surface area (Å²) in [6.07, 6.45) is 3.40. The van der Waals surface area contributed by atoms with Gasteiger partial charge in [0.05, 0.1) is 0 Å². The minimum Gasteiger partial charge on any atom is -0.340 e. The van der Waals surface area contributed by atoms with Crippen LogP contribution in [0.15, 0.2) is 36.4 Å². The number of carbonyl (C=O) groups is 2. The second-order valence-electron chi connectivity index (χ2n) is 7.92. The van der Waals surface area contributed by atoms with Crippen molar-refractivity contribution in [1.82, 2.24) is 9.47 Å². The molecule has 3 rings (SSSR count). The number of benzene rings is 2. The van der Waals surface area contributed by atoms with Crippen LogP contribution in [-0.2, 0) is 6.54 Å². The van der Waals surface area contributed by atoms with Crippen LogP contribution in [0.2, 0.25) is 0 Å². The van der Waals surface area contributed by atoms with Gasteiger partial charge in [0, 0.05) is 45.5 Å². The van der Waals surface area contributed by atoms with Gasteiger partial charge in [0.1, 0.15) is 0 Å². The maximum atomic E-state index is 11.9. The monoisotopic (exact) mass is 378 g/mol. The molecule has 0 saturated heterocycles. The molecule has 1 atom stereocenters. The second kappa shape index (κ2) is 8.27. The van der Waals surface area contributed by atoms with E-state index in [1.54, 1.807) is 13.8 Å². The van der Waals surface area contributed by atoms with Gasteiger partial charge in [-0.3, -0.25) is 9.59 Å². The maximum absolute atomic E-state index is 11.9. The van der Waals surface area contributed by atoms with E-state index < -0.39 is 0 Å². The number of carbonyl (C=O) groups excluding carboxylic acids is 2. The third-order valence-corrected chi connectivity index (χ3v) is 5.72. The topological polar surface area (TPSA) is 42.3 Å². The van der Waals surface area contributed by atoms with Crippen LogP contribution in [0.5, 0.6) is 0 Å². The molecule has 2 aromatic carbocycles. The van der Waals surface area contributed by atoms with E-state index in [0.29, 0.717) is 17.2 Å². The van der Waals surface area contributed by atoms with Crippen molar-refractivity contribution < 1.29 is 9.59 Å². The van der Waals surface area contributed by atoms with Crippen molar-refractivity contribution in [2.75, 3.05) is 14.1 Å². The third-order valence-electron chi connectivity index (χ3n) is 5.72. The molecule has 0 unspecified atom stereocenters. The molecule has 28 heavy (non-hydrogen) atoms. The van der Waals surface area contributed by atoms with Gasteiger partial charge in [0.15, 0.2) is 11.6 Å². The summed E-state index contributed by atoms with van der Waals surface area (Å²) >= 11 is 0. The highest BCUT2D eigenvalue weighted by Gasteiger charge is 2.16. The predicted octanol–water partition coefficient (Wildman–Crippen LogP) is 5.32. The summed E-state index contributed by atoms with van der Waals surface area (Å²) in [6.45, 7) is 6.31. The lowest BCUT2D eigenvalue weighted by atomic mass is 10.0. The third kappa shape index (κ3) is 3.88. The standard InChI is InChI=1S/C24H30N2O2/c1-6-7-20(25(4)5)12-13-26-23-10-8-18(16(2)27)14-21(23)22-15-19(17(3)28)9-11-24(22)26/h8-11,14-15,20H,6-7,12-13H2,1-5H3/t20-/m0/s1. The van der Waals surface area contributed by atoms with E-state index in [4.69, 9.17) is 0 Å². The van der Waals surface area contributed by atoms with Crippen LogP contribution in [0.25, 0.3) is 21.8 Å². The fraction of sp³-hybridized carbons (Fsp3) is 0.417. The molecule has 0 saturated carbocycles. The molecule has 0 radical (unpaired) electrons. The summed E-state index contributed by atoms with van der Waals surface area (Å²) in [5.41, 5.74) is 3.65. The summed E-state index contributed by atoms with van der Waals surface area (Å²) < 4.78 is 2.34. The van der Waals surface area contributed by atoms with Gasteiger partial charge >= 0.3 is 0 Å². The minimum absolute atomic E-state index is 0.0566. The molecule has 3 aromatic rings. The van der Waals surface area contributed by atoms with Crippen molar-refractivity contribution in [1.29, 1.82) is 0 Å². The normalized spacial score (nSPS) is 12.8. The molecule has 0 amide bonds. The summed E-state index contributed by atoms with van der Waals surface area (Å²) in [5, 5.41) is 2.09. The summed E-state index contributed by atoms with van der Waals surface area (Å²) in [4.78, 5) is 26.1. The molecule has 0 bridgehead atoms. The van der Waals surface area contributed by atoms with Gasteiger partial charge in [0.25, 0.3) is 0 Å². The van der Waals surface area contributed by atoms with Crippen LogP contribution in [0.4, 0.5) is 0 Å². The predicted molar refractivity (Wildman–Crippen MR) is 116 cm³/mol. The van der Waals surface area contributed by atoms with Crippen molar-refractivity contribution in [3.05, 3.63) is 47.5 Å². The average molecular weight is 379 g/mol. The molecular weight excluding hydrogens is 348 g/mol. The zero-order chi connectivity index (χ0) is 20.4. The molecular formula is C24H30N2O2. The van der Waals surface area contributed by atoms with Crippen molar-refractivity contribution in [2.45, 2.75) is 52.6 Å². The number of ketones is 2. The Morgan fingerprint density at radius 3 is 1.79 bits per heavy atom. The Morgan fingerprint density at radius 1 is 0.893 bits per heavy atom. The molecule has 0 aliphatic carbocycles. The Kier molecular flexibility index (Phi) is 5.99. The van der Waals surface area contributed by atoms with E-state index >= 15 is 0 Å². The van der Waals surface area contributed by atoms with Crippen LogP contribution in [0, 0.1) is 0 Å². The van der Waals surface area contributed by atoms with Gasteiger partial charge in [-0.05, 0) is 77.2 Å². The van der Waals surface area contributed by atoms with Crippen molar-refractivity contribution in [3.8, 4) is 0 Å². The summed E-state index contributed by atoms with van der Waals surface area (Å²) in [7, 11) is 4.29. The molecule has 1 aromatic heterocycles. The first-order chi connectivity index (χ1) is 13.3. The molecule has 1 heterocycles. The van der Waals surface area contributed by atoms with E-state index in [1.165, 1.54) is 12.8 Å². The quantitative estimate of drug-likeness (QED) is 0.498. The highest BCUT2D eigenvalue weighted by atomic mass is 16.1. The minimum atomic E-state index is 0.0566. The van der Waals surface area contributed by atoms with Crippen molar-refractivity contribution in [2.24, 2.45) is 0 Å². The molecule has 148 valence electrons. The highest BCUT2D eigenvalue weighted by Crippen LogP contribution is 2.31. The number of nitrogens with zero attached hydrogens (tertiary/aromatic N) is 2. The number of fused-ring (bicyclic) bond motifs is 3. The molecule has 4 nitrogen and oxygen atoms in total. The fourth-order valence-corrected chi connectivity index (χ4v) is 4.06. The summed E-state index contributed by atoms with van der Waals surface area (Å²) in [5.74, 6) is 0.113. The Balaban J connectivity index is 2.14. The van der Waals surface area contributed by atoms with Gasteiger partial charge in [-0.1, -0.05) is 13.3 Å². The van der Waals surface area contributed by atoms with Crippen LogP contribution in [-0.4, -0.2) is 41.2 Å². The lowest BCUT2D eigenvalue weighted by Crippen LogP contribution is -2.29. The number of aryl methyl sites for hydroxylation is 1. The van der Waals surface area contributed by atoms with E-state index in [9.17, 15) is 9.59 Å².